The average Bonchev–Trinajstić information content (AvgIpc) is 2.02. The van der Waals surface area contributed by atoms with Crippen molar-refractivity contribution in [1.82, 2.24) is 5.01 Å². The van der Waals surface area contributed by atoms with Gasteiger partial charge in [0, 0.05) is 19.8 Å². The van der Waals surface area contributed by atoms with E-state index in [9.17, 15) is 0 Å². The second-order valence-corrected chi connectivity index (χ2v) is 3.32. The average molecular weight is 170 g/mol. The van der Waals surface area contributed by atoms with Gasteiger partial charge in [-0.1, -0.05) is 26.7 Å². The Morgan fingerprint density at radius 2 is 1.83 bits per heavy atom. The molecule has 0 fully saturated rings. The molecule has 0 aliphatic heterocycles. The van der Waals surface area contributed by atoms with Gasteiger partial charge in [-0.2, -0.15) is 5.10 Å². The van der Waals surface area contributed by atoms with E-state index < -0.39 is 0 Å². The minimum atomic E-state index is 1.09. The highest BCUT2D eigenvalue weighted by atomic mass is 15.4. The highest BCUT2D eigenvalue weighted by Gasteiger charge is 1.96. The molecule has 0 heterocycles. The Kier molecular flexibility index (Phi) is 6.82. The van der Waals surface area contributed by atoms with E-state index in [0.29, 0.717) is 0 Å². The van der Waals surface area contributed by atoms with Gasteiger partial charge in [0.1, 0.15) is 0 Å². The van der Waals surface area contributed by atoms with Gasteiger partial charge < -0.3 is 5.01 Å². The zero-order valence-corrected chi connectivity index (χ0v) is 8.93. The molecule has 0 spiro atoms. The molecule has 0 unspecified atom stereocenters. The van der Waals surface area contributed by atoms with Gasteiger partial charge >= 0.3 is 0 Å². The van der Waals surface area contributed by atoms with Crippen molar-refractivity contribution >= 4 is 5.71 Å². The van der Waals surface area contributed by atoms with Gasteiger partial charge in [0.15, 0.2) is 0 Å². The highest BCUT2D eigenvalue weighted by molar-refractivity contribution is 5.83. The molecule has 2 heteroatoms. The maximum absolute atomic E-state index is 4.42. The second-order valence-electron chi connectivity index (χ2n) is 3.32. The molecular weight excluding hydrogens is 148 g/mol. The summed E-state index contributed by atoms with van der Waals surface area (Å²) in [5.41, 5.74) is 1.33. The van der Waals surface area contributed by atoms with Gasteiger partial charge in [-0.25, -0.2) is 0 Å². The SMILES string of the molecule is CCCCC/C(CC)=N/N(C)C. The van der Waals surface area contributed by atoms with Crippen LogP contribution in [0.3, 0.4) is 0 Å². The Hall–Kier alpha value is -0.530. The van der Waals surface area contributed by atoms with E-state index in [1.165, 1.54) is 31.4 Å². The molecule has 0 aromatic carbocycles. The predicted molar refractivity (Wildman–Crippen MR) is 55.6 cm³/mol. The van der Waals surface area contributed by atoms with Crippen molar-refractivity contribution in [3.63, 3.8) is 0 Å². The molecule has 12 heavy (non-hydrogen) atoms. The normalized spacial score (nSPS) is 11.8. The van der Waals surface area contributed by atoms with Gasteiger partial charge in [-0.05, 0) is 19.3 Å². The molecule has 2 nitrogen and oxygen atoms in total. The third-order valence-electron chi connectivity index (χ3n) is 1.82. The highest BCUT2D eigenvalue weighted by Crippen LogP contribution is 2.03. The zero-order valence-electron chi connectivity index (χ0n) is 8.93. The first-order chi connectivity index (χ1) is 5.70. The Morgan fingerprint density at radius 3 is 2.25 bits per heavy atom. The third-order valence-corrected chi connectivity index (χ3v) is 1.82. The molecule has 0 aromatic heterocycles. The monoisotopic (exact) mass is 170 g/mol. The zero-order chi connectivity index (χ0) is 9.40. The summed E-state index contributed by atoms with van der Waals surface area (Å²) >= 11 is 0. The van der Waals surface area contributed by atoms with E-state index in [0.717, 1.165) is 6.42 Å². The number of rotatable bonds is 6. The number of hydrazone groups is 1. The lowest BCUT2D eigenvalue weighted by atomic mass is 10.1. The maximum atomic E-state index is 4.42. The van der Waals surface area contributed by atoms with Crippen LogP contribution in [0.2, 0.25) is 0 Å². The Bertz CT molecular complexity index is 128. The Labute approximate surface area is 76.6 Å². The smallest absolute Gasteiger partial charge is 0.0377 e. The van der Waals surface area contributed by atoms with Gasteiger partial charge in [0.05, 0.1) is 0 Å². The van der Waals surface area contributed by atoms with Gasteiger partial charge in [0.2, 0.25) is 0 Å². The minimum Gasteiger partial charge on any atom is -0.303 e. The van der Waals surface area contributed by atoms with E-state index in [1.54, 1.807) is 0 Å². The van der Waals surface area contributed by atoms with Crippen molar-refractivity contribution in [2.75, 3.05) is 14.1 Å². The summed E-state index contributed by atoms with van der Waals surface area (Å²) in [4.78, 5) is 0. The molecule has 0 aliphatic rings. The number of hydrogen-bond donors (Lipinski definition) is 0. The van der Waals surface area contributed by atoms with Crippen molar-refractivity contribution in [2.45, 2.75) is 46.0 Å². The van der Waals surface area contributed by atoms with Crippen molar-refractivity contribution in [2.24, 2.45) is 5.10 Å². The van der Waals surface area contributed by atoms with Crippen LogP contribution >= 0.6 is 0 Å². The summed E-state index contributed by atoms with van der Waals surface area (Å²) in [6.45, 7) is 4.41. The van der Waals surface area contributed by atoms with Crippen LogP contribution in [-0.2, 0) is 0 Å². The fraction of sp³-hybridized carbons (Fsp3) is 0.900. The number of nitrogens with zero attached hydrogens (tertiary/aromatic N) is 2. The predicted octanol–water partition coefficient (Wildman–Crippen LogP) is 2.89. The number of unbranched alkanes of at least 4 members (excludes halogenated alkanes) is 2. The molecule has 0 aromatic rings. The quantitative estimate of drug-likeness (QED) is 0.340. The Morgan fingerprint density at radius 1 is 1.17 bits per heavy atom. The largest absolute Gasteiger partial charge is 0.303 e. The minimum absolute atomic E-state index is 1.09. The van der Waals surface area contributed by atoms with Crippen molar-refractivity contribution in [1.29, 1.82) is 0 Å². The van der Waals surface area contributed by atoms with E-state index in [-0.39, 0.29) is 0 Å². The summed E-state index contributed by atoms with van der Waals surface area (Å²) < 4.78 is 0. The first-order valence-electron chi connectivity index (χ1n) is 4.94. The Balaban J connectivity index is 3.67. The van der Waals surface area contributed by atoms with Crippen LogP contribution in [-0.4, -0.2) is 24.8 Å². The van der Waals surface area contributed by atoms with Crippen molar-refractivity contribution in [3.8, 4) is 0 Å². The lowest BCUT2D eigenvalue weighted by Crippen LogP contribution is -2.08. The molecule has 0 aliphatic carbocycles. The van der Waals surface area contributed by atoms with E-state index in [4.69, 9.17) is 0 Å². The van der Waals surface area contributed by atoms with Gasteiger partial charge in [-0.3, -0.25) is 0 Å². The van der Waals surface area contributed by atoms with Gasteiger partial charge in [0.25, 0.3) is 0 Å². The summed E-state index contributed by atoms with van der Waals surface area (Å²) in [5.74, 6) is 0. The number of hydrogen-bond acceptors (Lipinski definition) is 2. The van der Waals surface area contributed by atoms with E-state index in [2.05, 4.69) is 18.9 Å². The van der Waals surface area contributed by atoms with Crippen molar-refractivity contribution < 1.29 is 0 Å². The molecule has 0 saturated carbocycles. The fourth-order valence-electron chi connectivity index (χ4n) is 1.16. The summed E-state index contributed by atoms with van der Waals surface area (Å²) in [5, 5.41) is 6.31. The lowest BCUT2D eigenvalue weighted by Gasteiger charge is -2.08. The molecule has 72 valence electrons. The molecule has 0 saturated heterocycles. The lowest BCUT2D eigenvalue weighted by molar-refractivity contribution is 0.434. The maximum Gasteiger partial charge on any atom is 0.0377 e. The molecule has 0 atom stereocenters. The summed E-state index contributed by atoms with van der Waals surface area (Å²) in [6, 6.07) is 0. The first-order valence-corrected chi connectivity index (χ1v) is 4.94. The molecule has 0 rings (SSSR count). The van der Waals surface area contributed by atoms with Crippen molar-refractivity contribution in [3.05, 3.63) is 0 Å². The van der Waals surface area contributed by atoms with Gasteiger partial charge in [-0.15, -0.1) is 0 Å². The van der Waals surface area contributed by atoms with Crippen LogP contribution in [0, 0.1) is 0 Å². The molecule has 0 amide bonds. The van der Waals surface area contributed by atoms with Crippen LogP contribution < -0.4 is 0 Å². The summed E-state index contributed by atoms with van der Waals surface area (Å²) in [6.07, 6.45) is 6.16. The van der Waals surface area contributed by atoms with Crippen LogP contribution in [0.4, 0.5) is 0 Å². The van der Waals surface area contributed by atoms with Crippen LogP contribution in [0.5, 0.6) is 0 Å². The molecule has 0 bridgehead atoms. The van der Waals surface area contributed by atoms with Crippen LogP contribution in [0.25, 0.3) is 0 Å². The van der Waals surface area contributed by atoms with Crippen LogP contribution in [0.1, 0.15) is 46.0 Å². The topological polar surface area (TPSA) is 15.6 Å². The van der Waals surface area contributed by atoms with E-state index in [1.807, 2.05) is 19.1 Å². The third kappa shape index (κ3) is 6.20. The first kappa shape index (κ1) is 11.5. The standard InChI is InChI=1S/C10H22N2/c1-5-7-8-9-10(6-2)11-12(3)4/h5-9H2,1-4H3/b11-10+. The second kappa shape index (κ2) is 7.14. The molecule has 0 N–H and O–H groups in total. The van der Waals surface area contributed by atoms with Crippen LogP contribution in [0.15, 0.2) is 5.10 Å². The molecular formula is C10H22N2. The summed E-state index contributed by atoms with van der Waals surface area (Å²) in [7, 11) is 3.96. The molecule has 0 radical (unpaired) electrons. The van der Waals surface area contributed by atoms with E-state index >= 15 is 0 Å². The fourth-order valence-corrected chi connectivity index (χ4v) is 1.16.